The van der Waals surface area contributed by atoms with E-state index in [1.807, 2.05) is 0 Å². The largest absolute Gasteiger partial charge is 0.369 e. The van der Waals surface area contributed by atoms with Gasteiger partial charge in [0.1, 0.15) is 5.82 Å². The van der Waals surface area contributed by atoms with E-state index < -0.39 is 0 Å². The quantitative estimate of drug-likeness (QED) is 0.832. The van der Waals surface area contributed by atoms with Gasteiger partial charge in [-0.1, -0.05) is 0 Å². The van der Waals surface area contributed by atoms with Gasteiger partial charge in [0.05, 0.1) is 12.1 Å². The fraction of sp³-hybridized carbons (Fsp3) is 0.500. The molecule has 0 radical (unpaired) electrons. The van der Waals surface area contributed by atoms with Gasteiger partial charge in [0.15, 0.2) is 5.96 Å². The van der Waals surface area contributed by atoms with E-state index in [9.17, 15) is 4.39 Å². The molecule has 1 unspecified atom stereocenters. The van der Waals surface area contributed by atoms with E-state index >= 15 is 0 Å². The van der Waals surface area contributed by atoms with Crippen LogP contribution in [0.1, 0.15) is 12.8 Å². The summed E-state index contributed by atoms with van der Waals surface area (Å²) in [6, 6.07) is 6.50. The molecule has 2 aliphatic rings. The molecule has 102 valence electrons. The number of guanidine groups is 1. The summed E-state index contributed by atoms with van der Waals surface area (Å²) in [7, 11) is 2.12. The van der Waals surface area contributed by atoms with Crippen LogP contribution in [0.3, 0.4) is 0 Å². The number of nitrogens with two attached hydrogens (primary N) is 1. The van der Waals surface area contributed by atoms with Crippen molar-refractivity contribution in [3.8, 4) is 0 Å². The van der Waals surface area contributed by atoms with Gasteiger partial charge in [0.25, 0.3) is 0 Å². The topological polar surface area (TPSA) is 44.9 Å². The van der Waals surface area contributed by atoms with Crippen LogP contribution in [0, 0.1) is 5.82 Å². The SMILES string of the molecule is CN1CCCC2(CN=C(N)N2c2ccc(F)cc2)C1. The Balaban J connectivity index is 1.96. The van der Waals surface area contributed by atoms with E-state index in [4.69, 9.17) is 5.73 Å². The molecule has 2 N–H and O–H groups in total. The standard InChI is InChI=1S/C14H19FN4/c1-18-8-2-7-14(10-18)9-17-13(16)19(14)12-5-3-11(15)4-6-12/h3-6H,2,7-10H2,1H3,(H2,16,17). The normalized spacial score (nSPS) is 27.9. The molecule has 1 spiro atoms. The molecule has 2 heterocycles. The van der Waals surface area contributed by atoms with Gasteiger partial charge >= 0.3 is 0 Å². The molecule has 1 atom stereocenters. The Morgan fingerprint density at radius 2 is 2.05 bits per heavy atom. The van der Waals surface area contributed by atoms with E-state index in [2.05, 4.69) is 21.8 Å². The van der Waals surface area contributed by atoms with Gasteiger partial charge in [-0.05, 0) is 50.7 Å². The zero-order chi connectivity index (χ0) is 13.5. The van der Waals surface area contributed by atoms with Gasteiger partial charge in [-0.3, -0.25) is 4.99 Å². The highest BCUT2D eigenvalue weighted by Crippen LogP contribution is 2.35. The number of likely N-dealkylation sites (N-methyl/N-ethyl adjacent to an activating group) is 1. The van der Waals surface area contributed by atoms with Gasteiger partial charge in [0.2, 0.25) is 0 Å². The molecule has 4 nitrogen and oxygen atoms in total. The van der Waals surface area contributed by atoms with Gasteiger partial charge in [-0.15, -0.1) is 0 Å². The van der Waals surface area contributed by atoms with Gasteiger partial charge in [-0.25, -0.2) is 4.39 Å². The molecule has 0 saturated carbocycles. The average Bonchev–Trinajstić information content (AvgIpc) is 2.68. The van der Waals surface area contributed by atoms with E-state index in [0.29, 0.717) is 5.96 Å². The first-order chi connectivity index (χ1) is 9.11. The van der Waals surface area contributed by atoms with Crippen molar-refractivity contribution in [2.45, 2.75) is 18.4 Å². The van der Waals surface area contributed by atoms with Gasteiger partial charge in [0, 0.05) is 12.2 Å². The van der Waals surface area contributed by atoms with Crippen molar-refractivity contribution in [3.63, 3.8) is 0 Å². The molecule has 19 heavy (non-hydrogen) atoms. The van der Waals surface area contributed by atoms with Crippen LogP contribution in [0.5, 0.6) is 0 Å². The van der Waals surface area contributed by atoms with Crippen molar-refractivity contribution < 1.29 is 4.39 Å². The number of hydrogen-bond acceptors (Lipinski definition) is 4. The Morgan fingerprint density at radius 1 is 1.32 bits per heavy atom. The summed E-state index contributed by atoms with van der Waals surface area (Å²) >= 11 is 0. The summed E-state index contributed by atoms with van der Waals surface area (Å²) in [6.45, 7) is 2.77. The molecule has 0 bridgehead atoms. The summed E-state index contributed by atoms with van der Waals surface area (Å²) in [6.07, 6.45) is 2.20. The Hall–Kier alpha value is -1.62. The van der Waals surface area contributed by atoms with E-state index in [-0.39, 0.29) is 11.4 Å². The summed E-state index contributed by atoms with van der Waals surface area (Å²) in [4.78, 5) is 8.83. The second kappa shape index (κ2) is 4.49. The van der Waals surface area contributed by atoms with Crippen LogP contribution in [0.25, 0.3) is 0 Å². The third kappa shape index (κ3) is 2.08. The van der Waals surface area contributed by atoms with Crippen LogP contribution in [-0.4, -0.2) is 43.1 Å². The first kappa shape index (κ1) is 12.4. The van der Waals surface area contributed by atoms with E-state index in [0.717, 1.165) is 38.2 Å². The predicted octanol–water partition coefficient (Wildman–Crippen LogP) is 1.42. The molecule has 0 amide bonds. The first-order valence-corrected chi connectivity index (χ1v) is 6.65. The molecule has 1 fully saturated rings. The maximum absolute atomic E-state index is 13.1. The number of benzene rings is 1. The van der Waals surface area contributed by atoms with Crippen LogP contribution in [0.4, 0.5) is 10.1 Å². The molecule has 2 aliphatic heterocycles. The lowest BCUT2D eigenvalue weighted by atomic mass is 9.88. The number of halogens is 1. The lowest BCUT2D eigenvalue weighted by Crippen LogP contribution is -2.60. The maximum Gasteiger partial charge on any atom is 0.196 e. The lowest BCUT2D eigenvalue weighted by Gasteiger charge is -2.45. The van der Waals surface area contributed by atoms with Gasteiger partial charge in [-0.2, -0.15) is 0 Å². The van der Waals surface area contributed by atoms with Crippen molar-refractivity contribution in [2.24, 2.45) is 10.7 Å². The third-order valence-electron chi connectivity index (χ3n) is 4.07. The second-order valence-corrected chi connectivity index (χ2v) is 5.55. The molecule has 5 heteroatoms. The van der Waals surface area contributed by atoms with Crippen molar-refractivity contribution in [3.05, 3.63) is 30.1 Å². The molecule has 1 aromatic carbocycles. The minimum Gasteiger partial charge on any atom is -0.369 e. The third-order valence-corrected chi connectivity index (χ3v) is 4.07. The van der Waals surface area contributed by atoms with Crippen LogP contribution >= 0.6 is 0 Å². The van der Waals surface area contributed by atoms with E-state index in [1.54, 1.807) is 12.1 Å². The number of nitrogens with zero attached hydrogens (tertiary/aromatic N) is 3. The van der Waals surface area contributed by atoms with Crippen molar-refractivity contribution >= 4 is 11.6 Å². The zero-order valence-corrected chi connectivity index (χ0v) is 11.1. The smallest absolute Gasteiger partial charge is 0.196 e. The predicted molar refractivity (Wildman–Crippen MR) is 74.8 cm³/mol. The number of likely N-dealkylation sites (tertiary alicyclic amines) is 1. The number of anilines is 1. The van der Waals surface area contributed by atoms with Crippen LogP contribution in [0.15, 0.2) is 29.3 Å². The summed E-state index contributed by atoms with van der Waals surface area (Å²) in [5.41, 5.74) is 6.93. The van der Waals surface area contributed by atoms with Crippen LogP contribution in [0.2, 0.25) is 0 Å². The van der Waals surface area contributed by atoms with Crippen molar-refractivity contribution in [1.29, 1.82) is 0 Å². The zero-order valence-electron chi connectivity index (χ0n) is 11.1. The number of piperidine rings is 1. The molecule has 0 aromatic heterocycles. The average molecular weight is 262 g/mol. The highest BCUT2D eigenvalue weighted by atomic mass is 19.1. The molecular weight excluding hydrogens is 243 g/mol. The molecule has 1 aromatic rings. The first-order valence-electron chi connectivity index (χ1n) is 6.65. The lowest BCUT2D eigenvalue weighted by molar-refractivity contribution is 0.191. The highest BCUT2D eigenvalue weighted by Gasteiger charge is 2.45. The Labute approximate surface area is 112 Å². The van der Waals surface area contributed by atoms with Crippen LogP contribution < -0.4 is 10.6 Å². The van der Waals surface area contributed by atoms with Crippen LogP contribution in [-0.2, 0) is 0 Å². The minimum absolute atomic E-state index is 0.0606. The Morgan fingerprint density at radius 3 is 2.74 bits per heavy atom. The maximum atomic E-state index is 13.1. The summed E-state index contributed by atoms with van der Waals surface area (Å²) < 4.78 is 13.1. The van der Waals surface area contributed by atoms with Gasteiger partial charge < -0.3 is 15.5 Å². The van der Waals surface area contributed by atoms with Crippen molar-refractivity contribution in [1.82, 2.24) is 4.90 Å². The molecule has 0 aliphatic carbocycles. The molecule has 3 rings (SSSR count). The fourth-order valence-corrected chi connectivity index (χ4v) is 3.26. The Kier molecular flexibility index (Phi) is 2.93. The second-order valence-electron chi connectivity index (χ2n) is 5.55. The molecule has 1 saturated heterocycles. The highest BCUT2D eigenvalue weighted by molar-refractivity contribution is 5.98. The monoisotopic (exact) mass is 262 g/mol. The minimum atomic E-state index is -0.228. The number of aliphatic imine (C=N–C) groups is 1. The summed E-state index contributed by atoms with van der Waals surface area (Å²) in [5, 5.41) is 0. The summed E-state index contributed by atoms with van der Waals surface area (Å²) in [5.74, 6) is 0.315. The number of hydrogen-bond donors (Lipinski definition) is 1. The molecular formula is C14H19FN4. The van der Waals surface area contributed by atoms with E-state index in [1.165, 1.54) is 12.1 Å². The Bertz CT molecular complexity index is 499. The number of rotatable bonds is 1. The fourth-order valence-electron chi connectivity index (χ4n) is 3.26. The van der Waals surface area contributed by atoms with Crippen molar-refractivity contribution in [2.75, 3.05) is 31.6 Å².